The van der Waals surface area contributed by atoms with Gasteiger partial charge in [-0.1, -0.05) is 0 Å². The van der Waals surface area contributed by atoms with Gasteiger partial charge in [0.15, 0.2) is 5.82 Å². The molecule has 2 bridgehead atoms. The standard InChI is InChI=1S/C31H36N6O3/c1-39-26-15-21(31(38)36-17-20-6-7-24(36)27(20)32)13-23-28(26)37(22-8-11-40-12-9-22)30(34-23)25-14-19-3-2-10-33-29(19)35(25)16-18-4-5-18/h2-3,10,13-15,18,20,22,24,27H,4-9,11-12,16-17,32H2,1H3/t20-,24?,27?/m1/s1. The van der Waals surface area contributed by atoms with Crippen LogP contribution in [0.15, 0.2) is 36.5 Å². The molecular formula is C31H36N6O3. The Morgan fingerprint density at radius 1 is 1.12 bits per heavy atom. The highest BCUT2D eigenvalue weighted by Crippen LogP contribution is 2.42. The fourth-order valence-corrected chi connectivity index (χ4v) is 7.42. The molecule has 3 atom stereocenters. The molecule has 9 nitrogen and oxygen atoms in total. The van der Waals surface area contributed by atoms with Gasteiger partial charge in [-0.05, 0) is 80.7 Å². The number of methoxy groups -OCH3 is 1. The van der Waals surface area contributed by atoms with Crippen molar-refractivity contribution in [3.63, 3.8) is 0 Å². The van der Waals surface area contributed by atoms with Crippen LogP contribution in [0.2, 0.25) is 0 Å². The molecule has 4 aromatic rings. The second-order valence-electron chi connectivity index (χ2n) is 12.1. The first-order chi connectivity index (χ1) is 19.6. The van der Waals surface area contributed by atoms with E-state index in [0.29, 0.717) is 36.4 Å². The van der Waals surface area contributed by atoms with E-state index in [-0.39, 0.29) is 24.0 Å². The van der Waals surface area contributed by atoms with Crippen molar-refractivity contribution in [2.45, 2.75) is 63.2 Å². The summed E-state index contributed by atoms with van der Waals surface area (Å²) in [6, 6.07) is 10.6. The van der Waals surface area contributed by atoms with E-state index >= 15 is 0 Å². The smallest absolute Gasteiger partial charge is 0.254 e. The van der Waals surface area contributed by atoms with Gasteiger partial charge in [0, 0.05) is 61.6 Å². The summed E-state index contributed by atoms with van der Waals surface area (Å²) in [5.41, 5.74) is 10.9. The average Bonchev–Trinajstić information content (AvgIpc) is 3.32. The summed E-state index contributed by atoms with van der Waals surface area (Å²) in [7, 11) is 1.69. The highest BCUT2D eigenvalue weighted by atomic mass is 16.5. The van der Waals surface area contributed by atoms with Crippen LogP contribution in [-0.2, 0) is 11.3 Å². The second-order valence-corrected chi connectivity index (χ2v) is 12.1. The Balaban J connectivity index is 1.31. The van der Waals surface area contributed by atoms with Gasteiger partial charge in [-0.15, -0.1) is 0 Å². The summed E-state index contributed by atoms with van der Waals surface area (Å²) < 4.78 is 16.5. The lowest BCUT2D eigenvalue weighted by molar-refractivity contribution is 0.0700. The van der Waals surface area contributed by atoms with Crippen molar-refractivity contribution in [3.8, 4) is 17.3 Å². The molecule has 8 rings (SSSR count). The predicted molar refractivity (Wildman–Crippen MR) is 152 cm³/mol. The number of aromatic nitrogens is 4. The number of imidazole rings is 1. The monoisotopic (exact) mass is 540 g/mol. The van der Waals surface area contributed by atoms with Crippen LogP contribution in [0.3, 0.4) is 0 Å². The Bertz CT molecular complexity index is 1610. The predicted octanol–water partition coefficient (Wildman–Crippen LogP) is 4.38. The van der Waals surface area contributed by atoms with Gasteiger partial charge in [0.05, 0.1) is 18.3 Å². The minimum absolute atomic E-state index is 0.0251. The van der Waals surface area contributed by atoms with Gasteiger partial charge < -0.3 is 29.2 Å². The van der Waals surface area contributed by atoms with Crippen LogP contribution in [0.5, 0.6) is 5.75 Å². The molecule has 5 heterocycles. The number of hydrogen-bond acceptors (Lipinski definition) is 6. The van der Waals surface area contributed by atoms with Crippen LogP contribution in [0.1, 0.15) is 54.9 Å². The molecule has 4 aliphatic rings. The quantitative estimate of drug-likeness (QED) is 0.390. The maximum Gasteiger partial charge on any atom is 0.254 e. The molecule has 2 aliphatic carbocycles. The van der Waals surface area contributed by atoms with Gasteiger partial charge in [-0.2, -0.15) is 0 Å². The molecule has 0 spiro atoms. The zero-order valence-corrected chi connectivity index (χ0v) is 23.0. The number of piperidine rings is 1. The lowest BCUT2D eigenvalue weighted by Gasteiger charge is -2.28. The van der Waals surface area contributed by atoms with Crippen LogP contribution in [0, 0.1) is 11.8 Å². The Morgan fingerprint density at radius 3 is 2.70 bits per heavy atom. The maximum absolute atomic E-state index is 13.8. The lowest BCUT2D eigenvalue weighted by Crippen LogP contribution is -2.41. The van der Waals surface area contributed by atoms with E-state index in [1.807, 2.05) is 29.3 Å². The SMILES string of the molecule is COc1cc(C(=O)N2C[C@H]3CCC2C3N)cc2nc(-c3cc4cccnc4n3CC3CC3)n(C3CCOCC3)c12. The number of benzene rings is 1. The first-order valence-corrected chi connectivity index (χ1v) is 14.8. The molecule has 0 radical (unpaired) electrons. The summed E-state index contributed by atoms with van der Waals surface area (Å²) in [6.45, 7) is 3.10. The van der Waals surface area contributed by atoms with Gasteiger partial charge in [-0.25, -0.2) is 9.97 Å². The van der Waals surface area contributed by atoms with E-state index in [9.17, 15) is 4.79 Å². The fraction of sp³-hybridized carbons (Fsp3) is 0.516. The third-order valence-electron chi connectivity index (χ3n) is 9.71. The molecule has 2 saturated heterocycles. The number of hydrogen-bond donors (Lipinski definition) is 1. The van der Waals surface area contributed by atoms with Crippen molar-refractivity contribution in [1.29, 1.82) is 0 Å². The highest BCUT2D eigenvalue weighted by Gasteiger charge is 2.47. The van der Waals surface area contributed by atoms with Crippen LogP contribution in [0.25, 0.3) is 33.6 Å². The van der Waals surface area contributed by atoms with Gasteiger partial charge in [0.25, 0.3) is 5.91 Å². The normalized spacial score (nSPS) is 24.9. The summed E-state index contributed by atoms with van der Waals surface area (Å²) in [4.78, 5) is 25.8. The van der Waals surface area contributed by atoms with Crippen molar-refractivity contribution >= 4 is 28.0 Å². The van der Waals surface area contributed by atoms with Crippen LogP contribution in [-0.4, -0.2) is 68.9 Å². The van der Waals surface area contributed by atoms with Crippen LogP contribution in [0.4, 0.5) is 0 Å². The van der Waals surface area contributed by atoms with Crippen molar-refractivity contribution in [2.24, 2.45) is 17.6 Å². The first kappa shape index (κ1) is 24.4. The van der Waals surface area contributed by atoms with Gasteiger partial charge in [-0.3, -0.25) is 4.79 Å². The molecule has 2 aliphatic heterocycles. The van der Waals surface area contributed by atoms with E-state index in [1.54, 1.807) is 7.11 Å². The van der Waals surface area contributed by atoms with Crippen molar-refractivity contribution in [3.05, 3.63) is 42.1 Å². The third-order valence-corrected chi connectivity index (χ3v) is 9.71. The second kappa shape index (κ2) is 9.31. The molecule has 1 aromatic carbocycles. The van der Waals surface area contributed by atoms with Gasteiger partial charge in [0.1, 0.15) is 16.9 Å². The topological polar surface area (TPSA) is 100 Å². The third kappa shape index (κ3) is 3.78. The number of fused-ring (bicyclic) bond motifs is 4. The number of carbonyl (C=O) groups excluding carboxylic acids is 1. The zero-order valence-electron chi connectivity index (χ0n) is 23.0. The molecule has 2 saturated carbocycles. The average molecular weight is 541 g/mol. The maximum atomic E-state index is 13.8. The van der Waals surface area contributed by atoms with Crippen molar-refractivity contribution in [1.82, 2.24) is 24.0 Å². The Morgan fingerprint density at radius 2 is 1.98 bits per heavy atom. The van der Waals surface area contributed by atoms with E-state index in [4.69, 9.17) is 25.2 Å². The molecule has 2 unspecified atom stereocenters. The van der Waals surface area contributed by atoms with E-state index in [1.165, 1.54) is 12.8 Å². The van der Waals surface area contributed by atoms with E-state index < -0.39 is 0 Å². The lowest BCUT2D eigenvalue weighted by atomic mass is 10.1. The molecule has 3 aromatic heterocycles. The van der Waals surface area contributed by atoms with Gasteiger partial charge >= 0.3 is 0 Å². The highest BCUT2D eigenvalue weighted by molar-refractivity contribution is 6.00. The number of likely N-dealkylation sites (tertiary alicyclic amines) is 1. The molecule has 208 valence electrons. The van der Waals surface area contributed by atoms with Crippen LogP contribution < -0.4 is 10.5 Å². The summed E-state index contributed by atoms with van der Waals surface area (Å²) in [5, 5.41) is 1.12. The largest absolute Gasteiger partial charge is 0.494 e. The van der Waals surface area contributed by atoms with E-state index in [2.05, 4.69) is 21.3 Å². The fourth-order valence-electron chi connectivity index (χ4n) is 7.42. The molecule has 2 N–H and O–H groups in total. The molecular weight excluding hydrogens is 504 g/mol. The van der Waals surface area contributed by atoms with Gasteiger partial charge in [0.2, 0.25) is 0 Å². The number of nitrogens with two attached hydrogens (primary N) is 1. The number of pyridine rings is 1. The van der Waals surface area contributed by atoms with Crippen molar-refractivity contribution < 1.29 is 14.3 Å². The number of carbonyl (C=O) groups is 1. The minimum Gasteiger partial charge on any atom is -0.494 e. The molecule has 4 fully saturated rings. The molecule has 1 amide bonds. The number of nitrogens with zero attached hydrogens (tertiary/aromatic N) is 5. The zero-order chi connectivity index (χ0) is 27.0. The first-order valence-electron chi connectivity index (χ1n) is 14.8. The van der Waals surface area contributed by atoms with Crippen molar-refractivity contribution in [2.75, 3.05) is 26.9 Å². The Labute approximate surface area is 233 Å². The summed E-state index contributed by atoms with van der Waals surface area (Å²) in [6.07, 6.45) is 8.28. The number of amides is 1. The minimum atomic E-state index is 0.0251. The summed E-state index contributed by atoms with van der Waals surface area (Å²) in [5.74, 6) is 2.70. The Kier molecular flexibility index (Phi) is 5.67. The molecule has 9 heteroatoms. The van der Waals surface area contributed by atoms with Crippen LogP contribution >= 0.6 is 0 Å². The molecule has 40 heavy (non-hydrogen) atoms. The number of rotatable bonds is 6. The number of ether oxygens (including phenoxy) is 2. The van der Waals surface area contributed by atoms with E-state index in [0.717, 1.165) is 72.4 Å². The summed E-state index contributed by atoms with van der Waals surface area (Å²) >= 11 is 0. The Hall–Kier alpha value is -3.43.